The molecule has 0 amide bonds. The molecule has 0 bridgehead atoms. The van der Waals surface area contributed by atoms with Crippen molar-refractivity contribution in [3.05, 3.63) is 56.5 Å². The maximum Gasteiger partial charge on any atom is 0.272 e. The molecule has 0 saturated carbocycles. The van der Waals surface area contributed by atoms with Gasteiger partial charge in [0.25, 0.3) is 5.56 Å². The molecule has 22 heavy (non-hydrogen) atoms. The highest BCUT2D eigenvalue weighted by molar-refractivity contribution is 6.37. The van der Waals surface area contributed by atoms with Crippen LogP contribution in [0, 0.1) is 5.82 Å². The van der Waals surface area contributed by atoms with Gasteiger partial charge in [0.2, 0.25) is 5.88 Å². The van der Waals surface area contributed by atoms with Gasteiger partial charge in [0.05, 0.1) is 20.8 Å². The molecule has 0 aliphatic heterocycles. The van der Waals surface area contributed by atoms with Gasteiger partial charge >= 0.3 is 0 Å². The van der Waals surface area contributed by atoms with Gasteiger partial charge in [-0.1, -0.05) is 23.2 Å². The normalized spacial score (nSPS) is 10.9. The Kier molecular flexibility index (Phi) is 3.64. The summed E-state index contributed by atoms with van der Waals surface area (Å²) in [6.45, 7) is 0. The van der Waals surface area contributed by atoms with Crippen LogP contribution >= 0.6 is 23.2 Å². The number of aromatic amines is 1. The average molecular weight is 340 g/mol. The van der Waals surface area contributed by atoms with Crippen LogP contribution in [0.5, 0.6) is 11.6 Å². The molecule has 3 aromatic rings. The predicted octanol–water partition coefficient (Wildman–Crippen LogP) is 3.74. The number of hydrogen-bond donors (Lipinski definition) is 2. The summed E-state index contributed by atoms with van der Waals surface area (Å²) in [5.41, 5.74) is 5.47. The second kappa shape index (κ2) is 5.47. The Morgan fingerprint density at radius 3 is 2.50 bits per heavy atom. The molecule has 0 aliphatic rings. The molecule has 1 heterocycles. The summed E-state index contributed by atoms with van der Waals surface area (Å²) < 4.78 is 18.9. The Morgan fingerprint density at radius 2 is 1.82 bits per heavy atom. The van der Waals surface area contributed by atoms with Gasteiger partial charge in [-0.05, 0) is 30.3 Å². The van der Waals surface area contributed by atoms with Crippen LogP contribution in [0.3, 0.4) is 0 Å². The van der Waals surface area contributed by atoms with Gasteiger partial charge in [-0.2, -0.15) is 0 Å². The minimum absolute atomic E-state index is 0.0446. The van der Waals surface area contributed by atoms with Crippen LogP contribution in [0.15, 0.2) is 35.1 Å². The lowest BCUT2D eigenvalue weighted by atomic mass is 10.2. The van der Waals surface area contributed by atoms with E-state index in [0.717, 1.165) is 6.07 Å². The number of benzene rings is 2. The van der Waals surface area contributed by atoms with E-state index in [2.05, 4.69) is 10.2 Å². The van der Waals surface area contributed by atoms with Gasteiger partial charge in [-0.15, -0.1) is 5.10 Å². The van der Waals surface area contributed by atoms with E-state index >= 15 is 0 Å². The number of nitrogens with one attached hydrogen (secondary N) is 1. The van der Waals surface area contributed by atoms with Crippen molar-refractivity contribution < 1.29 is 9.13 Å². The predicted molar refractivity (Wildman–Crippen MR) is 83.3 cm³/mol. The second-order valence-electron chi connectivity index (χ2n) is 4.46. The van der Waals surface area contributed by atoms with Crippen molar-refractivity contribution in [1.29, 1.82) is 0 Å². The van der Waals surface area contributed by atoms with Crippen molar-refractivity contribution in [3.8, 4) is 11.6 Å². The monoisotopic (exact) mass is 339 g/mol. The summed E-state index contributed by atoms with van der Waals surface area (Å²) in [4.78, 5) is 11.7. The third-order valence-electron chi connectivity index (χ3n) is 2.93. The van der Waals surface area contributed by atoms with Gasteiger partial charge < -0.3 is 10.5 Å². The number of anilines is 1. The third-order valence-corrected chi connectivity index (χ3v) is 3.50. The van der Waals surface area contributed by atoms with Crippen molar-refractivity contribution in [2.24, 2.45) is 0 Å². The maximum atomic E-state index is 13.3. The van der Waals surface area contributed by atoms with Crippen molar-refractivity contribution in [2.45, 2.75) is 0 Å². The summed E-state index contributed by atoms with van der Waals surface area (Å²) in [7, 11) is 0. The number of halogens is 3. The minimum atomic E-state index is -0.543. The van der Waals surface area contributed by atoms with Gasteiger partial charge in [0.1, 0.15) is 5.82 Å². The molecule has 0 spiro atoms. The van der Waals surface area contributed by atoms with Crippen molar-refractivity contribution in [1.82, 2.24) is 10.2 Å². The molecule has 0 aliphatic carbocycles. The second-order valence-corrected chi connectivity index (χ2v) is 5.28. The highest BCUT2D eigenvalue weighted by Crippen LogP contribution is 2.38. The van der Waals surface area contributed by atoms with Crippen LogP contribution in [-0.4, -0.2) is 10.2 Å². The van der Waals surface area contributed by atoms with E-state index < -0.39 is 11.4 Å². The Balaban J connectivity index is 2.17. The number of H-pyrrole nitrogens is 1. The molecule has 5 nitrogen and oxygen atoms in total. The molecule has 8 heteroatoms. The van der Waals surface area contributed by atoms with Crippen molar-refractivity contribution in [2.75, 3.05) is 5.73 Å². The molecule has 112 valence electrons. The first-order valence-electron chi connectivity index (χ1n) is 6.06. The van der Waals surface area contributed by atoms with Crippen LogP contribution < -0.4 is 16.0 Å². The summed E-state index contributed by atoms with van der Waals surface area (Å²) >= 11 is 12.1. The molecule has 3 N–H and O–H groups in total. The Morgan fingerprint density at radius 1 is 1.14 bits per heavy atom. The number of rotatable bonds is 2. The minimum Gasteiger partial charge on any atom is -0.434 e. The molecule has 0 atom stereocenters. The van der Waals surface area contributed by atoms with Gasteiger partial charge in [-0.25, -0.2) is 9.49 Å². The molecular weight excluding hydrogens is 332 g/mol. The summed E-state index contributed by atoms with van der Waals surface area (Å²) in [6, 6.07) is 6.62. The third kappa shape index (κ3) is 2.58. The summed E-state index contributed by atoms with van der Waals surface area (Å²) in [6.07, 6.45) is 0. The number of nitrogen functional groups attached to an aromatic ring is 1. The molecule has 0 fully saturated rings. The average Bonchev–Trinajstić information content (AvgIpc) is 2.45. The lowest BCUT2D eigenvalue weighted by Gasteiger charge is -2.11. The van der Waals surface area contributed by atoms with Crippen LogP contribution in [-0.2, 0) is 0 Å². The maximum absolute atomic E-state index is 13.3. The number of ether oxygens (including phenoxy) is 1. The van der Waals surface area contributed by atoms with Crippen LogP contribution in [0.4, 0.5) is 10.1 Å². The number of aromatic nitrogens is 2. The van der Waals surface area contributed by atoms with E-state index in [1.807, 2.05) is 0 Å². The molecule has 3 rings (SSSR count). The van der Waals surface area contributed by atoms with E-state index in [4.69, 9.17) is 33.7 Å². The fraction of sp³-hybridized carbons (Fsp3) is 0. The smallest absolute Gasteiger partial charge is 0.272 e. The fourth-order valence-corrected chi connectivity index (χ4v) is 2.55. The first-order chi connectivity index (χ1) is 10.5. The highest BCUT2D eigenvalue weighted by atomic mass is 35.5. The molecule has 0 saturated heterocycles. The first kappa shape index (κ1) is 14.6. The van der Waals surface area contributed by atoms with Gasteiger partial charge in [0, 0.05) is 5.69 Å². The number of nitrogens with zero attached hydrogens (tertiary/aromatic N) is 1. The van der Waals surface area contributed by atoms with E-state index in [-0.39, 0.29) is 27.1 Å². The topological polar surface area (TPSA) is 81.0 Å². The first-order valence-corrected chi connectivity index (χ1v) is 6.81. The Hall–Kier alpha value is -2.31. The number of fused-ring (bicyclic) bond motifs is 1. The van der Waals surface area contributed by atoms with E-state index in [1.165, 1.54) is 24.3 Å². The largest absolute Gasteiger partial charge is 0.434 e. The van der Waals surface area contributed by atoms with Crippen LogP contribution in [0.25, 0.3) is 10.8 Å². The van der Waals surface area contributed by atoms with Gasteiger partial charge in [0.15, 0.2) is 5.75 Å². The van der Waals surface area contributed by atoms with Crippen molar-refractivity contribution in [3.63, 3.8) is 0 Å². The Labute approximate surface area is 133 Å². The van der Waals surface area contributed by atoms with Gasteiger partial charge in [-0.3, -0.25) is 4.79 Å². The molecule has 1 aromatic heterocycles. The lowest BCUT2D eigenvalue weighted by molar-refractivity contribution is 0.461. The summed E-state index contributed by atoms with van der Waals surface area (Å²) in [5, 5.41) is 6.85. The van der Waals surface area contributed by atoms with Crippen LogP contribution in [0.1, 0.15) is 0 Å². The SMILES string of the molecule is Nc1cc(Cl)c(Oc2n[nH]c(=O)c3cc(F)ccc23)c(Cl)c1. The number of nitrogens with two attached hydrogens (primary N) is 1. The van der Waals surface area contributed by atoms with Crippen LogP contribution in [0.2, 0.25) is 10.0 Å². The lowest BCUT2D eigenvalue weighted by Crippen LogP contribution is -2.09. The molecular formula is C14H8Cl2FN3O2. The fourth-order valence-electron chi connectivity index (χ4n) is 1.96. The zero-order valence-electron chi connectivity index (χ0n) is 10.9. The quantitative estimate of drug-likeness (QED) is 0.697. The van der Waals surface area contributed by atoms with Crippen molar-refractivity contribution >= 4 is 39.7 Å². The zero-order valence-corrected chi connectivity index (χ0v) is 12.4. The highest BCUT2D eigenvalue weighted by Gasteiger charge is 2.14. The van der Waals surface area contributed by atoms with E-state index in [1.54, 1.807) is 0 Å². The molecule has 0 radical (unpaired) electrons. The molecule has 0 unspecified atom stereocenters. The van der Waals surface area contributed by atoms with E-state index in [9.17, 15) is 9.18 Å². The Bertz CT molecular complexity index is 920. The standard InChI is InChI=1S/C14H8Cl2FN3O2/c15-10-4-7(18)5-11(16)12(10)22-14-8-2-1-6(17)3-9(8)13(21)19-20-14/h1-5H,18H2,(H,19,21). The zero-order chi connectivity index (χ0) is 15.9. The van der Waals surface area contributed by atoms with E-state index in [0.29, 0.717) is 11.1 Å². The molecule has 2 aromatic carbocycles. The number of hydrogen-bond acceptors (Lipinski definition) is 4. The summed E-state index contributed by atoms with van der Waals surface area (Å²) in [5.74, 6) is -0.357.